The molecular formula is C24H36BN7O4. The van der Waals surface area contributed by atoms with Crippen molar-refractivity contribution in [3.05, 3.63) is 30.4 Å². The van der Waals surface area contributed by atoms with Crippen molar-refractivity contribution in [3.63, 3.8) is 0 Å². The van der Waals surface area contributed by atoms with Crippen LogP contribution in [0.3, 0.4) is 0 Å². The van der Waals surface area contributed by atoms with Gasteiger partial charge in [-0.25, -0.2) is 24.7 Å². The third-order valence-electron chi connectivity index (χ3n) is 6.93. The van der Waals surface area contributed by atoms with Gasteiger partial charge in [-0.05, 0) is 48.7 Å². The van der Waals surface area contributed by atoms with E-state index in [0.29, 0.717) is 43.7 Å². The van der Waals surface area contributed by atoms with Crippen molar-refractivity contribution in [2.45, 2.75) is 51.9 Å². The molecule has 4 rings (SSSR count). The van der Waals surface area contributed by atoms with Crippen molar-refractivity contribution in [2.24, 2.45) is 0 Å². The van der Waals surface area contributed by atoms with Gasteiger partial charge in [-0.3, -0.25) is 0 Å². The zero-order chi connectivity index (χ0) is 26.1. The number of hydrogen-bond donors (Lipinski definition) is 0. The second-order valence-corrected chi connectivity index (χ2v) is 10.5. The van der Waals surface area contributed by atoms with Crippen molar-refractivity contribution >= 4 is 30.4 Å². The van der Waals surface area contributed by atoms with E-state index < -0.39 is 24.3 Å². The summed E-state index contributed by atoms with van der Waals surface area (Å²) in [4.78, 5) is 36.6. The Morgan fingerprint density at radius 1 is 1.03 bits per heavy atom. The van der Waals surface area contributed by atoms with Crippen LogP contribution in [0.2, 0.25) is 0 Å². The smallest absolute Gasteiger partial charge is 0.462 e. The molecule has 4 heterocycles. The van der Waals surface area contributed by atoms with Gasteiger partial charge in [0.25, 0.3) is 0 Å². The molecule has 1 atom stereocenters. The molecule has 2 fully saturated rings. The molecule has 0 radical (unpaired) electrons. The van der Waals surface area contributed by atoms with Gasteiger partial charge < -0.3 is 28.7 Å². The number of hydrogen-bond acceptors (Lipinski definition) is 11. The molecule has 2 aliphatic heterocycles. The highest BCUT2D eigenvalue weighted by molar-refractivity contribution is 6.61. The number of carbonyl (C=O) groups excluding carboxylic acids is 1. The van der Waals surface area contributed by atoms with Crippen LogP contribution < -0.4 is 15.3 Å². The van der Waals surface area contributed by atoms with Gasteiger partial charge in [-0.1, -0.05) is 0 Å². The maximum atomic E-state index is 12.0. The van der Waals surface area contributed by atoms with E-state index >= 15 is 0 Å². The zero-order valence-corrected chi connectivity index (χ0v) is 22.3. The Morgan fingerprint density at radius 3 is 2.17 bits per heavy atom. The van der Waals surface area contributed by atoms with Crippen molar-refractivity contribution in [1.82, 2.24) is 24.8 Å². The van der Waals surface area contributed by atoms with Gasteiger partial charge >= 0.3 is 13.1 Å². The van der Waals surface area contributed by atoms with Crippen LogP contribution in [0.5, 0.6) is 0 Å². The Morgan fingerprint density at radius 2 is 1.61 bits per heavy atom. The average molecular weight is 497 g/mol. The molecule has 0 aromatic carbocycles. The molecule has 2 aliphatic rings. The molecule has 0 unspecified atom stereocenters. The fourth-order valence-corrected chi connectivity index (χ4v) is 4.26. The number of likely N-dealkylation sites (N-methyl/N-ethyl adjacent to an activating group) is 1. The van der Waals surface area contributed by atoms with E-state index in [9.17, 15) is 4.79 Å². The highest BCUT2D eigenvalue weighted by atomic mass is 16.7. The maximum Gasteiger partial charge on any atom is 0.498 e. The van der Waals surface area contributed by atoms with Crippen molar-refractivity contribution in [2.75, 3.05) is 56.7 Å². The minimum absolute atomic E-state index is 0.105. The Labute approximate surface area is 213 Å². The standard InChI is InChI=1S/C24H36BN7O4/c1-8-34-20(33)17-11-26-22(27-12-17)32-10-9-31(16-19(32)15-30(6)7)21-28-13-18(14-29-21)25-35-23(2,3)24(4,5)36-25/h11-14,19H,8-10,15-16H2,1-7H3/t19-/m0/s1. The summed E-state index contributed by atoms with van der Waals surface area (Å²) < 4.78 is 17.3. The second kappa shape index (κ2) is 10.3. The minimum Gasteiger partial charge on any atom is -0.462 e. The number of ether oxygens (including phenoxy) is 1. The van der Waals surface area contributed by atoms with Crippen LogP contribution in [0, 0.1) is 0 Å². The van der Waals surface area contributed by atoms with Gasteiger partial charge in [0.1, 0.15) is 0 Å². The van der Waals surface area contributed by atoms with Crippen LogP contribution in [-0.4, -0.2) is 102 Å². The summed E-state index contributed by atoms with van der Waals surface area (Å²) in [5.41, 5.74) is 0.320. The Hall–Kier alpha value is -2.83. The summed E-state index contributed by atoms with van der Waals surface area (Å²) in [6.45, 7) is 13.1. The highest BCUT2D eigenvalue weighted by Gasteiger charge is 2.52. The number of esters is 1. The molecule has 194 valence electrons. The summed E-state index contributed by atoms with van der Waals surface area (Å²) in [6.07, 6.45) is 6.62. The van der Waals surface area contributed by atoms with Crippen LogP contribution >= 0.6 is 0 Å². The Kier molecular flexibility index (Phi) is 7.49. The van der Waals surface area contributed by atoms with Gasteiger partial charge in [0.15, 0.2) is 0 Å². The van der Waals surface area contributed by atoms with E-state index in [1.54, 1.807) is 19.3 Å². The van der Waals surface area contributed by atoms with Crippen LogP contribution in [0.25, 0.3) is 0 Å². The lowest BCUT2D eigenvalue weighted by Crippen LogP contribution is -2.57. The van der Waals surface area contributed by atoms with Crippen LogP contribution in [0.1, 0.15) is 45.0 Å². The van der Waals surface area contributed by atoms with Gasteiger partial charge in [0.05, 0.1) is 29.4 Å². The molecule has 0 saturated carbocycles. The number of piperazine rings is 1. The number of anilines is 2. The van der Waals surface area contributed by atoms with E-state index in [2.05, 4.69) is 34.6 Å². The lowest BCUT2D eigenvalue weighted by atomic mass is 9.81. The second-order valence-electron chi connectivity index (χ2n) is 10.5. The summed E-state index contributed by atoms with van der Waals surface area (Å²) in [7, 11) is 3.59. The van der Waals surface area contributed by atoms with Crippen molar-refractivity contribution in [3.8, 4) is 0 Å². The fourth-order valence-electron chi connectivity index (χ4n) is 4.26. The number of nitrogens with zero attached hydrogens (tertiary/aromatic N) is 7. The predicted octanol–water partition coefficient (Wildman–Crippen LogP) is 0.999. The van der Waals surface area contributed by atoms with Gasteiger partial charge in [-0.2, -0.15) is 0 Å². The summed E-state index contributed by atoms with van der Waals surface area (Å²) in [5.74, 6) is 0.837. The summed E-state index contributed by atoms with van der Waals surface area (Å²) in [5, 5.41) is 0. The third kappa shape index (κ3) is 5.45. The number of aromatic nitrogens is 4. The first-order chi connectivity index (χ1) is 17.0. The molecule has 0 N–H and O–H groups in total. The Bertz CT molecular complexity index is 1030. The molecule has 0 bridgehead atoms. The minimum atomic E-state index is -0.489. The highest BCUT2D eigenvalue weighted by Crippen LogP contribution is 2.36. The van der Waals surface area contributed by atoms with E-state index in [1.807, 2.05) is 41.8 Å². The number of rotatable bonds is 7. The summed E-state index contributed by atoms with van der Waals surface area (Å²) >= 11 is 0. The topological polar surface area (TPSA) is 106 Å². The Balaban J connectivity index is 1.46. The molecule has 2 saturated heterocycles. The quantitative estimate of drug-likeness (QED) is 0.404. The van der Waals surface area contributed by atoms with Gasteiger partial charge in [-0.15, -0.1) is 0 Å². The lowest BCUT2D eigenvalue weighted by molar-refractivity contribution is 0.00578. The molecule has 36 heavy (non-hydrogen) atoms. The van der Waals surface area contributed by atoms with E-state index in [1.165, 1.54) is 12.4 Å². The predicted molar refractivity (Wildman–Crippen MR) is 138 cm³/mol. The maximum absolute atomic E-state index is 12.0. The first kappa shape index (κ1) is 26.2. The first-order valence-corrected chi connectivity index (χ1v) is 12.3. The van der Waals surface area contributed by atoms with Crippen LogP contribution in [-0.2, 0) is 14.0 Å². The third-order valence-corrected chi connectivity index (χ3v) is 6.93. The molecular weight excluding hydrogens is 461 g/mol. The normalized spacial score (nSPS) is 21.2. The van der Waals surface area contributed by atoms with E-state index in [4.69, 9.17) is 14.0 Å². The largest absolute Gasteiger partial charge is 0.498 e. The van der Waals surface area contributed by atoms with Crippen molar-refractivity contribution < 1.29 is 18.8 Å². The molecule has 11 nitrogen and oxygen atoms in total. The molecule has 0 spiro atoms. The summed E-state index contributed by atoms with van der Waals surface area (Å²) in [6, 6.07) is 0.105. The van der Waals surface area contributed by atoms with Crippen molar-refractivity contribution in [1.29, 1.82) is 0 Å². The zero-order valence-electron chi connectivity index (χ0n) is 22.3. The van der Waals surface area contributed by atoms with Crippen LogP contribution in [0.15, 0.2) is 24.8 Å². The molecule has 0 aliphatic carbocycles. The average Bonchev–Trinajstić information content (AvgIpc) is 3.06. The lowest BCUT2D eigenvalue weighted by Gasteiger charge is -2.42. The monoisotopic (exact) mass is 497 g/mol. The SMILES string of the molecule is CCOC(=O)c1cnc(N2CCN(c3ncc(B4OC(C)(C)C(C)(C)O4)cn3)C[C@@H]2CN(C)C)nc1. The van der Waals surface area contributed by atoms with Gasteiger partial charge in [0.2, 0.25) is 11.9 Å². The number of carbonyl (C=O) groups is 1. The van der Waals surface area contributed by atoms with E-state index in [0.717, 1.165) is 12.0 Å². The molecule has 2 aromatic rings. The van der Waals surface area contributed by atoms with E-state index in [-0.39, 0.29) is 6.04 Å². The first-order valence-electron chi connectivity index (χ1n) is 12.3. The molecule has 2 aromatic heterocycles. The molecule has 12 heteroatoms. The van der Waals surface area contributed by atoms with Gasteiger partial charge in [0, 0.05) is 56.4 Å². The van der Waals surface area contributed by atoms with Crippen LogP contribution in [0.4, 0.5) is 11.9 Å². The molecule has 0 amide bonds. The fraction of sp³-hybridized carbons (Fsp3) is 0.625.